The van der Waals surface area contributed by atoms with Crippen molar-refractivity contribution in [2.45, 2.75) is 18.2 Å². The van der Waals surface area contributed by atoms with Crippen molar-refractivity contribution >= 4 is 52.5 Å². The molecule has 3 aromatic rings. The van der Waals surface area contributed by atoms with Crippen LogP contribution < -0.4 is 15.4 Å². The van der Waals surface area contributed by atoms with Crippen molar-refractivity contribution < 1.29 is 23.9 Å². The quantitative estimate of drug-likeness (QED) is 0.226. The van der Waals surface area contributed by atoms with E-state index in [1.54, 1.807) is 68.8 Å². The second-order valence-electron chi connectivity index (χ2n) is 8.71. The molecule has 3 amide bonds. The van der Waals surface area contributed by atoms with E-state index in [0.717, 1.165) is 17.3 Å². The third-order valence-corrected chi connectivity index (χ3v) is 7.30. The van der Waals surface area contributed by atoms with Crippen molar-refractivity contribution in [3.8, 4) is 5.75 Å². The van der Waals surface area contributed by atoms with Gasteiger partial charge in [0, 0.05) is 30.8 Å². The number of benzene rings is 3. The topological polar surface area (TPSA) is 97.0 Å². The van der Waals surface area contributed by atoms with Crippen LogP contribution in [-0.4, -0.2) is 50.0 Å². The monoisotopic (exact) mass is 565 g/mol. The summed E-state index contributed by atoms with van der Waals surface area (Å²) in [6.45, 7) is 2.57. The largest absolute Gasteiger partial charge is 0.495 e. The maximum atomic E-state index is 13.5. The van der Waals surface area contributed by atoms with Crippen LogP contribution in [0.3, 0.4) is 0 Å². The van der Waals surface area contributed by atoms with Gasteiger partial charge in [-0.3, -0.25) is 19.3 Å². The van der Waals surface area contributed by atoms with Crippen LogP contribution >= 0.6 is 23.4 Å². The molecule has 0 radical (unpaired) electrons. The third-order valence-electron chi connectivity index (χ3n) is 5.90. The van der Waals surface area contributed by atoms with Crippen LogP contribution in [0.2, 0.25) is 5.02 Å². The molecule has 0 aliphatic carbocycles. The highest BCUT2D eigenvalue weighted by Gasteiger charge is 2.39. The highest BCUT2D eigenvalue weighted by atomic mass is 35.5. The van der Waals surface area contributed by atoms with Gasteiger partial charge >= 0.3 is 0 Å². The van der Waals surface area contributed by atoms with Gasteiger partial charge in [-0.2, -0.15) is 0 Å². The van der Waals surface area contributed by atoms with Gasteiger partial charge in [0.15, 0.2) is 0 Å². The molecule has 0 saturated heterocycles. The van der Waals surface area contributed by atoms with E-state index < -0.39 is 11.8 Å². The number of hydrogen-bond acceptors (Lipinski definition) is 7. The lowest BCUT2D eigenvalue weighted by molar-refractivity contribution is -0.137. The number of ether oxygens (including phenoxy) is 2. The SMILES string of the molecule is COCCCN1C(=O)C(Nc2cc(C)ccc2OC)=C(Sc2cccc(NC(=O)c3ccccc3Cl)c2)C1=O. The molecule has 39 heavy (non-hydrogen) atoms. The smallest absolute Gasteiger partial charge is 0.278 e. The molecule has 1 aliphatic heterocycles. The molecule has 0 atom stereocenters. The Morgan fingerprint density at radius 2 is 1.79 bits per heavy atom. The fourth-order valence-electron chi connectivity index (χ4n) is 3.98. The molecule has 1 heterocycles. The van der Waals surface area contributed by atoms with Gasteiger partial charge in [-0.05, 0) is 61.4 Å². The predicted molar refractivity (Wildman–Crippen MR) is 153 cm³/mol. The number of halogens is 1. The number of hydrogen-bond donors (Lipinski definition) is 2. The molecule has 0 spiro atoms. The van der Waals surface area contributed by atoms with Gasteiger partial charge in [0.25, 0.3) is 17.7 Å². The van der Waals surface area contributed by atoms with Crippen LogP contribution in [0.25, 0.3) is 0 Å². The molecule has 2 N–H and O–H groups in total. The molecule has 8 nitrogen and oxygen atoms in total. The van der Waals surface area contributed by atoms with Gasteiger partial charge in [0.1, 0.15) is 16.4 Å². The molecular weight excluding hydrogens is 538 g/mol. The summed E-state index contributed by atoms with van der Waals surface area (Å²) in [6.07, 6.45) is 0.510. The lowest BCUT2D eigenvalue weighted by Crippen LogP contribution is -2.33. The minimum Gasteiger partial charge on any atom is -0.495 e. The van der Waals surface area contributed by atoms with Gasteiger partial charge in [-0.25, -0.2) is 0 Å². The number of anilines is 2. The van der Waals surface area contributed by atoms with Crippen molar-refractivity contribution in [1.82, 2.24) is 4.90 Å². The molecule has 0 saturated carbocycles. The van der Waals surface area contributed by atoms with E-state index in [-0.39, 0.29) is 23.1 Å². The predicted octanol–water partition coefficient (Wildman–Crippen LogP) is 5.73. The standard InChI is InChI=1S/C29H28ClN3O5S/c1-18-12-13-24(38-3)23(16-18)32-25-26(29(36)33(28(25)35)14-7-15-37-2)39-20-9-6-8-19(17-20)31-27(34)21-10-4-5-11-22(21)30/h4-6,8-13,16-17,32H,7,14-15H2,1-3H3,(H,31,34). The highest BCUT2D eigenvalue weighted by Crippen LogP contribution is 2.38. The Bertz CT molecular complexity index is 1440. The number of thioether (sulfide) groups is 1. The zero-order valence-corrected chi connectivity index (χ0v) is 23.3. The Balaban J connectivity index is 1.63. The number of carbonyl (C=O) groups excluding carboxylic acids is 3. The van der Waals surface area contributed by atoms with E-state index >= 15 is 0 Å². The number of amides is 3. The van der Waals surface area contributed by atoms with Crippen molar-refractivity contribution in [2.24, 2.45) is 0 Å². The molecule has 0 bridgehead atoms. The van der Waals surface area contributed by atoms with Gasteiger partial charge in [-0.15, -0.1) is 0 Å². The van der Waals surface area contributed by atoms with Crippen LogP contribution in [-0.2, 0) is 14.3 Å². The number of nitrogens with zero attached hydrogens (tertiary/aromatic N) is 1. The van der Waals surface area contributed by atoms with E-state index in [9.17, 15) is 14.4 Å². The van der Waals surface area contributed by atoms with E-state index in [1.165, 1.54) is 4.90 Å². The number of imide groups is 1. The van der Waals surface area contributed by atoms with Crippen LogP contribution in [0.5, 0.6) is 5.75 Å². The number of aryl methyl sites for hydroxylation is 1. The first-order valence-corrected chi connectivity index (χ1v) is 13.4. The average Bonchev–Trinajstić information content (AvgIpc) is 3.13. The van der Waals surface area contributed by atoms with E-state index in [2.05, 4.69) is 10.6 Å². The Hall–Kier alpha value is -3.79. The minimum absolute atomic E-state index is 0.164. The van der Waals surface area contributed by atoms with E-state index in [4.69, 9.17) is 21.1 Å². The fraction of sp³-hybridized carbons (Fsp3) is 0.207. The fourth-order valence-corrected chi connectivity index (χ4v) is 5.21. The summed E-state index contributed by atoms with van der Waals surface area (Å²) >= 11 is 7.31. The molecular formula is C29H28ClN3O5S. The molecule has 202 valence electrons. The average molecular weight is 566 g/mol. The van der Waals surface area contributed by atoms with Crippen molar-refractivity contribution in [3.05, 3.63) is 93.5 Å². The first-order valence-electron chi connectivity index (χ1n) is 12.2. The molecule has 0 unspecified atom stereocenters. The zero-order chi connectivity index (χ0) is 27.9. The molecule has 10 heteroatoms. The minimum atomic E-state index is -0.426. The van der Waals surface area contributed by atoms with Crippen LogP contribution in [0.4, 0.5) is 11.4 Å². The van der Waals surface area contributed by atoms with Gasteiger partial charge < -0.3 is 20.1 Å². The number of carbonyl (C=O) groups is 3. The van der Waals surface area contributed by atoms with Crippen molar-refractivity contribution in [2.75, 3.05) is 38.0 Å². The number of methoxy groups -OCH3 is 2. The molecule has 4 rings (SSSR count). The molecule has 1 aliphatic rings. The molecule has 3 aromatic carbocycles. The Morgan fingerprint density at radius 3 is 2.54 bits per heavy atom. The lowest BCUT2D eigenvalue weighted by atomic mass is 10.2. The zero-order valence-electron chi connectivity index (χ0n) is 21.7. The second kappa shape index (κ2) is 12.8. The van der Waals surface area contributed by atoms with Crippen LogP contribution in [0.15, 0.2) is 82.2 Å². The first kappa shape index (κ1) is 28.2. The summed E-state index contributed by atoms with van der Waals surface area (Å²) < 4.78 is 10.6. The van der Waals surface area contributed by atoms with Crippen molar-refractivity contribution in [1.29, 1.82) is 0 Å². The maximum absolute atomic E-state index is 13.5. The summed E-state index contributed by atoms with van der Waals surface area (Å²) in [5.74, 6) is -0.641. The Labute approximate surface area is 236 Å². The van der Waals surface area contributed by atoms with Gasteiger partial charge in [0.2, 0.25) is 0 Å². The lowest BCUT2D eigenvalue weighted by Gasteiger charge is -2.15. The Kier molecular flexibility index (Phi) is 9.29. The van der Waals surface area contributed by atoms with Crippen LogP contribution in [0.1, 0.15) is 22.3 Å². The highest BCUT2D eigenvalue weighted by molar-refractivity contribution is 8.04. The summed E-state index contributed by atoms with van der Waals surface area (Å²) in [7, 11) is 3.11. The van der Waals surface area contributed by atoms with Gasteiger partial charge in [0.05, 0.1) is 23.4 Å². The second-order valence-corrected chi connectivity index (χ2v) is 10.2. The third kappa shape index (κ3) is 6.62. The van der Waals surface area contributed by atoms with Crippen LogP contribution in [0, 0.1) is 6.92 Å². The molecule has 0 aromatic heterocycles. The maximum Gasteiger partial charge on any atom is 0.278 e. The van der Waals surface area contributed by atoms with Crippen molar-refractivity contribution in [3.63, 3.8) is 0 Å². The van der Waals surface area contributed by atoms with Gasteiger partial charge in [-0.1, -0.05) is 47.6 Å². The first-order chi connectivity index (χ1) is 18.8. The van der Waals surface area contributed by atoms with E-state index in [1.807, 2.05) is 19.1 Å². The summed E-state index contributed by atoms with van der Waals surface area (Å²) in [5.41, 5.74) is 2.57. The Morgan fingerprint density at radius 1 is 1.00 bits per heavy atom. The summed E-state index contributed by atoms with van der Waals surface area (Å²) in [6, 6.07) is 19.4. The normalized spacial score (nSPS) is 13.2. The van der Waals surface area contributed by atoms with E-state index in [0.29, 0.717) is 45.6 Å². The number of nitrogens with one attached hydrogen (secondary N) is 2. The summed E-state index contributed by atoms with van der Waals surface area (Å²) in [5, 5.41) is 6.34. The molecule has 0 fully saturated rings. The number of rotatable bonds is 11. The summed E-state index contributed by atoms with van der Waals surface area (Å²) in [4.78, 5) is 41.7.